The molecule has 0 radical (unpaired) electrons. The van der Waals surface area contributed by atoms with Gasteiger partial charge in [0.2, 0.25) is 0 Å². The highest BCUT2D eigenvalue weighted by molar-refractivity contribution is 7.97. The minimum absolute atomic E-state index is 0.189. The van der Waals surface area contributed by atoms with Gasteiger partial charge in [0.05, 0.1) is 17.1 Å². The third-order valence-electron chi connectivity index (χ3n) is 3.87. The number of aromatic nitrogens is 2. The van der Waals surface area contributed by atoms with Gasteiger partial charge in [-0.25, -0.2) is 4.68 Å². The Labute approximate surface area is 150 Å². The number of Topliss-reactive ketones (excluding diaryl/α,β-unsaturated/α-hetero) is 1. The molecule has 126 valence electrons. The van der Waals surface area contributed by atoms with E-state index in [0.29, 0.717) is 17.1 Å². The first-order valence-electron chi connectivity index (χ1n) is 7.89. The highest BCUT2D eigenvalue weighted by Crippen LogP contribution is 2.32. The van der Waals surface area contributed by atoms with Crippen LogP contribution in [0.3, 0.4) is 0 Å². The molecule has 5 heteroatoms. The maximum Gasteiger partial charge on any atom is 0.279 e. The quantitative estimate of drug-likeness (QED) is 0.650. The van der Waals surface area contributed by atoms with Crippen LogP contribution in [0.4, 0.5) is 0 Å². The Bertz CT molecular complexity index is 951. The number of carbonyl (C=O) groups excluding carboxylic acids is 1. The summed E-state index contributed by atoms with van der Waals surface area (Å²) >= 11 is 1.48. The predicted octanol–water partition coefficient (Wildman–Crippen LogP) is 4.10. The molecule has 0 aliphatic carbocycles. The Kier molecular flexibility index (Phi) is 5.14. The number of ketones is 1. The largest absolute Gasteiger partial charge is 0.294 e. The van der Waals surface area contributed by atoms with Gasteiger partial charge < -0.3 is 0 Å². The molecule has 3 rings (SSSR count). The van der Waals surface area contributed by atoms with Crippen molar-refractivity contribution >= 4 is 17.5 Å². The zero-order chi connectivity index (χ0) is 17.8. The Morgan fingerprint density at radius 3 is 2.08 bits per heavy atom. The highest BCUT2D eigenvalue weighted by atomic mass is 32.2. The average Bonchev–Trinajstić information content (AvgIpc) is 2.64. The van der Waals surface area contributed by atoms with Crippen molar-refractivity contribution in [2.45, 2.75) is 12.8 Å². The summed E-state index contributed by atoms with van der Waals surface area (Å²) in [5.74, 6) is 0.145. The van der Waals surface area contributed by atoms with Gasteiger partial charge in [-0.05, 0) is 18.7 Å². The maximum atomic E-state index is 12.8. The molecule has 0 saturated carbocycles. The van der Waals surface area contributed by atoms with E-state index in [1.165, 1.54) is 23.4 Å². The van der Waals surface area contributed by atoms with E-state index in [2.05, 4.69) is 5.10 Å². The molecule has 0 saturated heterocycles. The van der Waals surface area contributed by atoms with Crippen molar-refractivity contribution in [3.05, 3.63) is 76.6 Å². The predicted molar refractivity (Wildman–Crippen MR) is 103 cm³/mol. The number of hydrogen-bond donors (Lipinski definition) is 0. The summed E-state index contributed by atoms with van der Waals surface area (Å²) in [5.41, 5.74) is 2.77. The maximum absolute atomic E-state index is 12.8. The van der Waals surface area contributed by atoms with Crippen LogP contribution in [0, 0.1) is 0 Å². The minimum Gasteiger partial charge on any atom is -0.294 e. The van der Waals surface area contributed by atoms with Crippen molar-refractivity contribution < 1.29 is 4.79 Å². The number of benzene rings is 2. The molecule has 2 aromatic carbocycles. The van der Waals surface area contributed by atoms with Crippen molar-refractivity contribution in [1.82, 2.24) is 9.78 Å². The van der Waals surface area contributed by atoms with Crippen molar-refractivity contribution in [2.75, 3.05) is 6.26 Å². The fraction of sp³-hybridized carbons (Fsp3) is 0.150. The van der Waals surface area contributed by atoms with E-state index in [4.69, 9.17) is 0 Å². The summed E-state index contributed by atoms with van der Waals surface area (Å²) in [7, 11) is 0. The molecule has 0 atom stereocenters. The van der Waals surface area contributed by atoms with E-state index in [1.807, 2.05) is 66.9 Å². The lowest BCUT2D eigenvalue weighted by atomic mass is 9.94. The molecule has 0 N–H and O–H groups in total. The van der Waals surface area contributed by atoms with Crippen LogP contribution < -0.4 is 5.56 Å². The van der Waals surface area contributed by atoms with Gasteiger partial charge in [0.25, 0.3) is 5.56 Å². The summed E-state index contributed by atoms with van der Waals surface area (Å²) in [4.78, 5) is 25.2. The normalized spacial score (nSPS) is 10.6. The van der Waals surface area contributed by atoms with Gasteiger partial charge in [-0.15, -0.1) is 11.8 Å². The van der Waals surface area contributed by atoms with Crippen LogP contribution in [-0.4, -0.2) is 21.8 Å². The van der Waals surface area contributed by atoms with Gasteiger partial charge in [0, 0.05) is 11.1 Å². The fourth-order valence-corrected chi connectivity index (χ4v) is 3.21. The van der Waals surface area contributed by atoms with Gasteiger partial charge in [0.1, 0.15) is 0 Å². The van der Waals surface area contributed by atoms with Crippen molar-refractivity contribution in [3.63, 3.8) is 0 Å². The van der Waals surface area contributed by atoms with Crippen LogP contribution in [0.2, 0.25) is 0 Å². The van der Waals surface area contributed by atoms with Gasteiger partial charge >= 0.3 is 0 Å². The van der Waals surface area contributed by atoms with E-state index in [-0.39, 0.29) is 16.9 Å². The molecule has 0 spiro atoms. The van der Waals surface area contributed by atoms with Crippen molar-refractivity contribution in [2.24, 2.45) is 0 Å². The van der Waals surface area contributed by atoms with Gasteiger partial charge in [-0.1, -0.05) is 60.7 Å². The summed E-state index contributed by atoms with van der Waals surface area (Å²) in [6, 6.07) is 19.1. The average molecular weight is 350 g/mol. The second kappa shape index (κ2) is 7.49. The fourth-order valence-electron chi connectivity index (χ4n) is 2.79. The van der Waals surface area contributed by atoms with Crippen LogP contribution >= 0.6 is 11.8 Å². The zero-order valence-corrected chi connectivity index (χ0v) is 14.9. The molecule has 4 nitrogen and oxygen atoms in total. The smallest absolute Gasteiger partial charge is 0.279 e. The van der Waals surface area contributed by atoms with E-state index in [1.54, 1.807) is 0 Å². The third-order valence-corrected chi connectivity index (χ3v) is 4.37. The van der Waals surface area contributed by atoms with Gasteiger partial charge in [0.15, 0.2) is 5.78 Å². The van der Waals surface area contributed by atoms with Crippen LogP contribution in [0.15, 0.2) is 65.5 Å². The number of nitrogens with zero attached hydrogens (tertiary/aromatic N) is 2. The van der Waals surface area contributed by atoms with Crippen LogP contribution in [0.5, 0.6) is 0 Å². The van der Waals surface area contributed by atoms with Crippen molar-refractivity contribution in [1.29, 1.82) is 0 Å². The summed E-state index contributed by atoms with van der Waals surface area (Å²) in [6.45, 7) is 1.43. The molecule has 0 aliphatic rings. The summed E-state index contributed by atoms with van der Waals surface area (Å²) in [6.07, 6.45) is 1.90. The van der Waals surface area contributed by atoms with Crippen LogP contribution in [0.25, 0.3) is 22.4 Å². The molecular formula is C20H18N2O2S. The first kappa shape index (κ1) is 17.2. The number of hydrogen-bond acceptors (Lipinski definition) is 4. The molecule has 25 heavy (non-hydrogen) atoms. The topological polar surface area (TPSA) is 52.0 Å². The monoisotopic (exact) mass is 350 g/mol. The Morgan fingerprint density at radius 2 is 1.56 bits per heavy atom. The molecule has 0 amide bonds. The third kappa shape index (κ3) is 3.42. The van der Waals surface area contributed by atoms with E-state index < -0.39 is 0 Å². The molecule has 0 fully saturated rings. The Balaban J connectivity index is 2.43. The number of carbonyl (C=O) groups is 1. The second-order valence-electron chi connectivity index (χ2n) is 5.61. The first-order chi connectivity index (χ1) is 12.1. The van der Waals surface area contributed by atoms with E-state index in [9.17, 15) is 9.59 Å². The van der Waals surface area contributed by atoms with Gasteiger partial charge in [-0.2, -0.15) is 5.10 Å². The molecule has 0 unspecified atom stereocenters. The van der Waals surface area contributed by atoms with E-state index >= 15 is 0 Å². The number of thioether (sulfide) groups is 1. The Hall–Kier alpha value is -2.66. The standard InChI is InChI=1S/C20H18N2O2S/c1-14(23)17-18(15-9-5-3-6-10-15)19(16-11-7-4-8-12-16)21-22(13-25-2)20(17)24/h3-12H,13H2,1-2H3. The number of rotatable bonds is 5. The van der Waals surface area contributed by atoms with Crippen LogP contribution in [-0.2, 0) is 5.88 Å². The highest BCUT2D eigenvalue weighted by Gasteiger charge is 2.22. The van der Waals surface area contributed by atoms with Crippen molar-refractivity contribution in [3.8, 4) is 22.4 Å². The first-order valence-corrected chi connectivity index (χ1v) is 9.28. The van der Waals surface area contributed by atoms with Crippen LogP contribution in [0.1, 0.15) is 17.3 Å². The second-order valence-corrected chi connectivity index (χ2v) is 6.44. The summed E-state index contributed by atoms with van der Waals surface area (Å²) < 4.78 is 1.37. The molecule has 0 aliphatic heterocycles. The van der Waals surface area contributed by atoms with Gasteiger partial charge in [-0.3, -0.25) is 9.59 Å². The molecular weight excluding hydrogens is 332 g/mol. The molecule has 0 bridgehead atoms. The zero-order valence-electron chi connectivity index (χ0n) is 14.1. The Morgan fingerprint density at radius 1 is 1.00 bits per heavy atom. The molecule has 1 aromatic heterocycles. The lowest BCUT2D eigenvalue weighted by molar-refractivity contribution is 0.101. The lowest BCUT2D eigenvalue weighted by Gasteiger charge is -2.15. The minimum atomic E-state index is -0.347. The molecule has 1 heterocycles. The molecule has 3 aromatic rings. The lowest BCUT2D eigenvalue weighted by Crippen LogP contribution is -2.29. The van der Waals surface area contributed by atoms with E-state index in [0.717, 1.165) is 11.1 Å². The summed E-state index contributed by atoms with van der Waals surface area (Å²) in [5, 5.41) is 4.58. The SMILES string of the molecule is CSCn1nc(-c2ccccc2)c(-c2ccccc2)c(C(C)=O)c1=O.